The van der Waals surface area contributed by atoms with Crippen LogP contribution in [0.15, 0.2) is 29.2 Å². The Morgan fingerprint density at radius 1 is 1.24 bits per heavy atom. The summed E-state index contributed by atoms with van der Waals surface area (Å²) in [5, 5.41) is 21.2. The van der Waals surface area contributed by atoms with Gasteiger partial charge in [0.15, 0.2) is 0 Å². The summed E-state index contributed by atoms with van der Waals surface area (Å²) in [6, 6.07) is 6.78. The Morgan fingerprint density at radius 3 is 2.29 bits per heavy atom. The quantitative estimate of drug-likeness (QED) is 0.748. The molecule has 0 saturated carbocycles. The minimum atomic E-state index is -4.51. The van der Waals surface area contributed by atoms with E-state index in [1.807, 2.05) is 6.07 Å². The third-order valence-electron chi connectivity index (χ3n) is 3.28. The highest BCUT2D eigenvalue weighted by molar-refractivity contribution is 7.93. The van der Waals surface area contributed by atoms with Crippen molar-refractivity contribution in [1.82, 2.24) is 4.31 Å². The monoisotopic (exact) mass is 331 g/mol. The van der Waals surface area contributed by atoms with Gasteiger partial charge in [-0.3, -0.25) is 0 Å². The molecule has 1 aliphatic heterocycles. The van der Waals surface area contributed by atoms with Gasteiger partial charge in [-0.15, -0.1) is 0 Å². The van der Waals surface area contributed by atoms with Gasteiger partial charge in [-0.25, -0.2) is 22.0 Å². The predicted octanol–water partition coefficient (Wildman–Crippen LogP) is -0.723. The third kappa shape index (κ3) is 2.54. The number of nitriles is 1. The lowest BCUT2D eigenvalue weighted by molar-refractivity contribution is 0.0463. The zero-order valence-corrected chi connectivity index (χ0v) is 12.4. The van der Waals surface area contributed by atoms with Gasteiger partial charge in [0.05, 0.1) is 16.5 Å². The van der Waals surface area contributed by atoms with E-state index in [1.165, 1.54) is 24.3 Å². The summed E-state index contributed by atoms with van der Waals surface area (Å²) in [5.74, 6) is 0. The average Bonchev–Trinajstić information content (AvgIpc) is 2.82. The van der Waals surface area contributed by atoms with Crippen molar-refractivity contribution < 1.29 is 21.9 Å². The minimum absolute atomic E-state index is 0.157. The van der Waals surface area contributed by atoms with E-state index in [2.05, 4.69) is 0 Å². The van der Waals surface area contributed by atoms with Gasteiger partial charge in [0, 0.05) is 13.0 Å². The number of benzene rings is 1. The van der Waals surface area contributed by atoms with Gasteiger partial charge in [-0.2, -0.15) is 9.57 Å². The summed E-state index contributed by atoms with van der Waals surface area (Å²) in [6.07, 6.45) is -0.121. The summed E-state index contributed by atoms with van der Waals surface area (Å²) >= 11 is 0. The van der Waals surface area contributed by atoms with Crippen LogP contribution < -0.4 is 5.14 Å². The molecule has 1 unspecified atom stereocenters. The van der Waals surface area contributed by atoms with E-state index in [0.717, 1.165) is 0 Å². The van der Waals surface area contributed by atoms with E-state index in [1.54, 1.807) is 0 Å². The molecule has 0 radical (unpaired) electrons. The van der Waals surface area contributed by atoms with Crippen LogP contribution in [0.4, 0.5) is 0 Å². The Bertz CT molecular complexity index is 795. The van der Waals surface area contributed by atoms with Crippen molar-refractivity contribution in [2.45, 2.75) is 22.8 Å². The van der Waals surface area contributed by atoms with Crippen molar-refractivity contribution >= 4 is 20.0 Å². The summed E-state index contributed by atoms with van der Waals surface area (Å²) < 4.78 is 48.4. The molecular formula is C11H13N3O5S2. The Labute approximate surface area is 122 Å². The summed E-state index contributed by atoms with van der Waals surface area (Å²) in [5.41, 5.74) is 0.261. The van der Waals surface area contributed by atoms with Crippen molar-refractivity contribution in [1.29, 1.82) is 5.26 Å². The second-order valence-corrected chi connectivity index (χ2v) is 8.21. The molecule has 21 heavy (non-hydrogen) atoms. The Hall–Kier alpha value is -1.51. The maximum atomic E-state index is 12.5. The van der Waals surface area contributed by atoms with Crippen LogP contribution in [0.1, 0.15) is 18.4 Å². The summed E-state index contributed by atoms with van der Waals surface area (Å²) in [7, 11) is -8.74. The van der Waals surface area contributed by atoms with Crippen LogP contribution >= 0.6 is 0 Å². The van der Waals surface area contributed by atoms with Gasteiger partial charge >= 0.3 is 0 Å². The second kappa shape index (κ2) is 5.04. The lowest BCUT2D eigenvalue weighted by Crippen LogP contribution is -2.55. The molecule has 114 valence electrons. The van der Waals surface area contributed by atoms with E-state index >= 15 is 0 Å². The van der Waals surface area contributed by atoms with Gasteiger partial charge in [0.25, 0.3) is 10.0 Å². The molecule has 1 atom stereocenters. The Kier molecular flexibility index (Phi) is 3.81. The normalized spacial score (nSPS) is 23.9. The molecule has 1 aliphatic rings. The molecule has 1 fully saturated rings. The molecule has 1 aromatic rings. The Morgan fingerprint density at radius 2 is 1.81 bits per heavy atom. The lowest BCUT2D eigenvalue weighted by atomic mass is 10.2. The third-order valence-corrected chi connectivity index (χ3v) is 6.66. The zero-order chi connectivity index (χ0) is 15.9. The van der Waals surface area contributed by atoms with Crippen molar-refractivity contribution in [2.24, 2.45) is 5.14 Å². The fraction of sp³-hybridized carbons (Fsp3) is 0.364. The Balaban J connectivity index is 2.51. The van der Waals surface area contributed by atoms with E-state index in [4.69, 9.17) is 10.4 Å². The topological polar surface area (TPSA) is 142 Å². The van der Waals surface area contributed by atoms with Crippen LogP contribution in [0.5, 0.6) is 0 Å². The molecule has 8 nitrogen and oxygen atoms in total. The molecule has 0 spiro atoms. The van der Waals surface area contributed by atoms with Crippen molar-refractivity contribution in [3.8, 4) is 6.07 Å². The molecule has 3 N–H and O–H groups in total. The molecule has 0 aliphatic carbocycles. The molecule has 0 bridgehead atoms. The van der Waals surface area contributed by atoms with E-state index in [-0.39, 0.29) is 29.8 Å². The highest BCUT2D eigenvalue weighted by Gasteiger charge is 2.54. The van der Waals surface area contributed by atoms with Crippen molar-refractivity contribution in [2.75, 3.05) is 6.54 Å². The first-order valence-corrected chi connectivity index (χ1v) is 8.89. The van der Waals surface area contributed by atoms with Gasteiger partial charge in [-0.05, 0) is 30.7 Å². The fourth-order valence-corrected chi connectivity index (χ4v) is 5.15. The predicted molar refractivity (Wildman–Crippen MR) is 72.3 cm³/mol. The highest BCUT2D eigenvalue weighted by atomic mass is 32.2. The number of nitrogens with two attached hydrogens (primary N) is 1. The molecule has 0 aromatic heterocycles. The number of hydrogen-bond acceptors (Lipinski definition) is 6. The van der Waals surface area contributed by atoms with Crippen LogP contribution in [0.25, 0.3) is 0 Å². The zero-order valence-electron chi connectivity index (χ0n) is 10.8. The molecule has 1 aromatic carbocycles. The van der Waals surface area contributed by atoms with Crippen LogP contribution in [-0.4, -0.2) is 37.8 Å². The van der Waals surface area contributed by atoms with Gasteiger partial charge in [0.1, 0.15) is 0 Å². The largest absolute Gasteiger partial charge is 0.361 e. The smallest absolute Gasteiger partial charge is 0.254 e. The number of aliphatic hydroxyl groups is 1. The summed E-state index contributed by atoms with van der Waals surface area (Å²) in [6.45, 7) is -0.157. The van der Waals surface area contributed by atoms with Gasteiger partial charge in [0.2, 0.25) is 15.1 Å². The van der Waals surface area contributed by atoms with Crippen molar-refractivity contribution in [3.63, 3.8) is 0 Å². The molecule has 1 heterocycles. The van der Waals surface area contributed by atoms with E-state index in [9.17, 15) is 21.9 Å². The fourth-order valence-electron chi connectivity index (χ4n) is 2.17. The van der Waals surface area contributed by atoms with Crippen molar-refractivity contribution in [3.05, 3.63) is 29.8 Å². The molecule has 2 rings (SSSR count). The van der Waals surface area contributed by atoms with Gasteiger partial charge in [-0.1, -0.05) is 0 Å². The highest BCUT2D eigenvalue weighted by Crippen LogP contribution is 2.35. The number of hydrogen-bond donors (Lipinski definition) is 2. The van der Waals surface area contributed by atoms with Crippen LogP contribution in [0.3, 0.4) is 0 Å². The van der Waals surface area contributed by atoms with Crippen LogP contribution in [0.2, 0.25) is 0 Å². The molecule has 1 saturated heterocycles. The number of nitrogens with zero attached hydrogens (tertiary/aromatic N) is 2. The maximum Gasteiger partial charge on any atom is 0.254 e. The first-order chi connectivity index (χ1) is 9.63. The lowest BCUT2D eigenvalue weighted by Gasteiger charge is -2.30. The van der Waals surface area contributed by atoms with E-state index in [0.29, 0.717) is 4.31 Å². The summed E-state index contributed by atoms with van der Waals surface area (Å²) in [4.78, 5) is -0.217. The average molecular weight is 331 g/mol. The van der Waals surface area contributed by atoms with E-state index < -0.39 is 25.1 Å². The first-order valence-electron chi connectivity index (χ1n) is 5.91. The molecule has 10 heteroatoms. The van der Waals surface area contributed by atoms with Gasteiger partial charge < -0.3 is 5.11 Å². The standard InChI is InChI=1S/C11H13N3O5S2/c12-8-9-2-4-10(5-3-9)20(16,17)14-7-1-6-11(14,15)21(13,18)19/h2-5,15H,1,6-7H2,(H2,13,18,19). The minimum Gasteiger partial charge on any atom is -0.361 e. The molecular weight excluding hydrogens is 318 g/mol. The SMILES string of the molecule is N#Cc1ccc(S(=O)(=O)N2CCCC2(O)S(N)(=O)=O)cc1. The first kappa shape index (κ1) is 15.9. The maximum absolute atomic E-state index is 12.5. The second-order valence-electron chi connectivity index (χ2n) is 4.61. The molecule has 0 amide bonds. The number of primary sulfonamides is 1. The number of sulfonamides is 2. The van der Waals surface area contributed by atoms with Crippen LogP contribution in [0, 0.1) is 11.3 Å². The number of rotatable bonds is 3. The van der Waals surface area contributed by atoms with Crippen LogP contribution in [-0.2, 0) is 20.0 Å².